The van der Waals surface area contributed by atoms with Gasteiger partial charge in [-0.25, -0.2) is 4.39 Å². The molecular formula is C12H11FO3. The van der Waals surface area contributed by atoms with Gasteiger partial charge in [0.2, 0.25) is 0 Å². The molecule has 0 saturated carbocycles. The highest BCUT2D eigenvalue weighted by Crippen LogP contribution is 2.15. The van der Waals surface area contributed by atoms with E-state index in [4.69, 9.17) is 5.11 Å². The molecule has 0 amide bonds. The van der Waals surface area contributed by atoms with E-state index in [2.05, 4.69) is 16.6 Å². The van der Waals surface area contributed by atoms with Crippen molar-refractivity contribution in [3.8, 4) is 17.6 Å². The third-order valence-corrected chi connectivity index (χ3v) is 1.72. The van der Waals surface area contributed by atoms with Crippen LogP contribution in [0, 0.1) is 17.7 Å². The highest BCUT2D eigenvalue weighted by molar-refractivity contribution is 5.72. The van der Waals surface area contributed by atoms with Gasteiger partial charge in [0.25, 0.3) is 0 Å². The Morgan fingerprint density at radius 3 is 2.94 bits per heavy atom. The summed E-state index contributed by atoms with van der Waals surface area (Å²) in [7, 11) is 0. The maximum absolute atomic E-state index is 12.9. The number of carbonyl (C=O) groups is 1. The molecule has 0 spiro atoms. The summed E-state index contributed by atoms with van der Waals surface area (Å²) < 4.78 is 17.5. The van der Waals surface area contributed by atoms with E-state index in [1.807, 2.05) is 0 Å². The molecule has 1 aromatic carbocycles. The predicted octanol–water partition coefficient (Wildman–Crippen LogP) is 1.84. The van der Waals surface area contributed by atoms with E-state index in [1.54, 1.807) is 6.92 Å². The van der Waals surface area contributed by atoms with Crippen LogP contribution < -0.4 is 0 Å². The van der Waals surface area contributed by atoms with E-state index in [-0.39, 0.29) is 6.42 Å². The predicted molar refractivity (Wildman–Crippen MR) is 56.2 cm³/mol. The summed E-state index contributed by atoms with van der Waals surface area (Å²) in [6.07, 6.45) is -0.0314. The summed E-state index contributed by atoms with van der Waals surface area (Å²) >= 11 is 0. The molecule has 0 atom stereocenters. The van der Waals surface area contributed by atoms with Gasteiger partial charge in [0.15, 0.2) is 11.6 Å². The number of phenolic OH excluding ortho intramolecular Hbond substituents is 1. The van der Waals surface area contributed by atoms with Crippen molar-refractivity contribution in [1.82, 2.24) is 0 Å². The zero-order chi connectivity index (χ0) is 12.0. The van der Waals surface area contributed by atoms with Crippen molar-refractivity contribution in [2.75, 3.05) is 6.61 Å². The molecule has 1 rings (SSSR count). The molecule has 0 aliphatic carbocycles. The average Bonchev–Trinajstić information content (AvgIpc) is 2.24. The third kappa shape index (κ3) is 3.62. The van der Waals surface area contributed by atoms with Gasteiger partial charge in [0.1, 0.15) is 6.42 Å². The van der Waals surface area contributed by atoms with Gasteiger partial charge in [-0.3, -0.25) is 4.79 Å². The normalized spacial score (nSPS) is 9.12. The monoisotopic (exact) mass is 222 g/mol. The van der Waals surface area contributed by atoms with Crippen LogP contribution in [0.5, 0.6) is 5.75 Å². The molecular weight excluding hydrogens is 211 g/mol. The number of hydrogen-bond donors (Lipinski definition) is 1. The van der Waals surface area contributed by atoms with Gasteiger partial charge < -0.3 is 9.84 Å². The maximum Gasteiger partial charge on any atom is 0.317 e. The van der Waals surface area contributed by atoms with Crippen molar-refractivity contribution in [1.29, 1.82) is 0 Å². The number of benzene rings is 1. The fourth-order valence-electron chi connectivity index (χ4n) is 1.02. The van der Waals surface area contributed by atoms with Crippen molar-refractivity contribution in [2.24, 2.45) is 0 Å². The molecule has 0 unspecified atom stereocenters. The van der Waals surface area contributed by atoms with Crippen molar-refractivity contribution in [2.45, 2.75) is 13.3 Å². The van der Waals surface area contributed by atoms with E-state index < -0.39 is 17.5 Å². The molecule has 1 N–H and O–H groups in total. The van der Waals surface area contributed by atoms with Gasteiger partial charge in [-0.15, -0.1) is 0 Å². The van der Waals surface area contributed by atoms with Crippen LogP contribution in [0.15, 0.2) is 18.2 Å². The third-order valence-electron chi connectivity index (χ3n) is 1.72. The van der Waals surface area contributed by atoms with Crippen LogP contribution in [0.25, 0.3) is 0 Å². The molecule has 0 bridgehead atoms. The Morgan fingerprint density at radius 2 is 2.31 bits per heavy atom. The summed E-state index contributed by atoms with van der Waals surface area (Å²) in [6, 6.07) is 3.79. The molecule has 0 fully saturated rings. The molecule has 16 heavy (non-hydrogen) atoms. The zero-order valence-corrected chi connectivity index (χ0v) is 8.79. The van der Waals surface area contributed by atoms with Crippen LogP contribution in [0.3, 0.4) is 0 Å². The second-order valence-electron chi connectivity index (χ2n) is 2.95. The maximum atomic E-state index is 12.9. The van der Waals surface area contributed by atoms with Crippen LogP contribution in [-0.4, -0.2) is 17.7 Å². The van der Waals surface area contributed by atoms with E-state index in [1.165, 1.54) is 12.1 Å². The highest BCUT2D eigenvalue weighted by atomic mass is 19.1. The molecule has 0 radical (unpaired) electrons. The van der Waals surface area contributed by atoms with Gasteiger partial charge in [-0.05, 0) is 25.1 Å². The second-order valence-corrected chi connectivity index (χ2v) is 2.95. The van der Waals surface area contributed by atoms with Gasteiger partial charge in [0, 0.05) is 5.56 Å². The summed E-state index contributed by atoms with van der Waals surface area (Å²) in [5.74, 6) is 3.60. The summed E-state index contributed by atoms with van der Waals surface area (Å²) in [5.41, 5.74) is 0.402. The quantitative estimate of drug-likeness (QED) is 0.613. The van der Waals surface area contributed by atoms with Crippen molar-refractivity contribution < 1.29 is 19.0 Å². The Kier molecular flexibility index (Phi) is 4.34. The van der Waals surface area contributed by atoms with Crippen LogP contribution in [0.2, 0.25) is 0 Å². The summed E-state index contributed by atoms with van der Waals surface area (Å²) in [6.45, 7) is 2.02. The van der Waals surface area contributed by atoms with Gasteiger partial charge >= 0.3 is 5.97 Å². The van der Waals surface area contributed by atoms with Crippen LogP contribution in [0.1, 0.15) is 18.9 Å². The number of hydrogen-bond acceptors (Lipinski definition) is 3. The molecule has 0 aromatic heterocycles. The second kappa shape index (κ2) is 5.76. The number of rotatable bonds is 2. The first kappa shape index (κ1) is 12.1. The zero-order valence-electron chi connectivity index (χ0n) is 8.79. The van der Waals surface area contributed by atoms with E-state index in [0.29, 0.717) is 12.2 Å². The van der Waals surface area contributed by atoms with Crippen LogP contribution in [-0.2, 0) is 9.53 Å². The number of phenols is 1. The smallest absolute Gasteiger partial charge is 0.317 e. The molecule has 84 valence electrons. The molecule has 4 heteroatoms. The molecule has 0 aliphatic rings. The lowest BCUT2D eigenvalue weighted by Gasteiger charge is -1.96. The lowest BCUT2D eigenvalue weighted by Crippen LogP contribution is -2.01. The van der Waals surface area contributed by atoms with Gasteiger partial charge in [-0.1, -0.05) is 11.8 Å². The molecule has 0 aliphatic heterocycles. The Bertz CT molecular complexity index is 443. The van der Waals surface area contributed by atoms with Crippen molar-refractivity contribution in [3.63, 3.8) is 0 Å². The first-order valence-electron chi connectivity index (χ1n) is 4.76. The van der Waals surface area contributed by atoms with Gasteiger partial charge in [0.05, 0.1) is 6.61 Å². The minimum absolute atomic E-state index is 0.0314. The molecule has 1 aromatic rings. The Labute approximate surface area is 92.9 Å². The Hall–Kier alpha value is -2.02. The van der Waals surface area contributed by atoms with Crippen molar-refractivity contribution >= 4 is 5.97 Å². The first-order valence-corrected chi connectivity index (χ1v) is 4.76. The average molecular weight is 222 g/mol. The number of carbonyl (C=O) groups excluding carboxylic acids is 1. The minimum atomic E-state index is -0.733. The first-order chi connectivity index (χ1) is 7.63. The largest absolute Gasteiger partial charge is 0.505 e. The number of halogens is 1. The highest BCUT2D eigenvalue weighted by Gasteiger charge is 1.99. The lowest BCUT2D eigenvalue weighted by atomic mass is 10.2. The van der Waals surface area contributed by atoms with Crippen LogP contribution in [0.4, 0.5) is 4.39 Å². The SMILES string of the molecule is CCOC(=O)CC#Cc1ccc(O)c(F)c1. The van der Waals surface area contributed by atoms with Crippen LogP contribution >= 0.6 is 0 Å². The Morgan fingerprint density at radius 1 is 1.56 bits per heavy atom. The standard InChI is InChI=1S/C12H11FO3/c1-2-16-12(15)5-3-4-9-6-7-11(14)10(13)8-9/h6-8,14H,2,5H2,1H3. The van der Waals surface area contributed by atoms with Gasteiger partial charge in [-0.2, -0.15) is 0 Å². The summed E-state index contributed by atoms with van der Waals surface area (Å²) in [5, 5.41) is 8.93. The number of ether oxygens (including phenoxy) is 1. The molecule has 0 heterocycles. The van der Waals surface area contributed by atoms with E-state index in [0.717, 1.165) is 6.07 Å². The van der Waals surface area contributed by atoms with E-state index in [9.17, 15) is 9.18 Å². The fourth-order valence-corrected chi connectivity index (χ4v) is 1.02. The summed E-state index contributed by atoms with van der Waals surface area (Å²) in [4.78, 5) is 10.9. The lowest BCUT2D eigenvalue weighted by molar-refractivity contribution is -0.141. The Balaban J connectivity index is 2.63. The number of aromatic hydroxyl groups is 1. The minimum Gasteiger partial charge on any atom is -0.505 e. The topological polar surface area (TPSA) is 46.5 Å². The van der Waals surface area contributed by atoms with E-state index >= 15 is 0 Å². The van der Waals surface area contributed by atoms with Crippen molar-refractivity contribution in [3.05, 3.63) is 29.6 Å². The number of esters is 1. The molecule has 3 nitrogen and oxygen atoms in total. The fraction of sp³-hybridized carbons (Fsp3) is 0.250. The molecule has 0 saturated heterocycles.